The van der Waals surface area contributed by atoms with Crippen molar-refractivity contribution < 1.29 is 4.79 Å². The van der Waals surface area contributed by atoms with Gasteiger partial charge in [0.25, 0.3) is 0 Å². The number of nitrogens with zero attached hydrogens (tertiary/aromatic N) is 1. The van der Waals surface area contributed by atoms with E-state index in [4.69, 9.17) is 0 Å². The summed E-state index contributed by atoms with van der Waals surface area (Å²) in [6, 6.07) is 16.0. The highest BCUT2D eigenvalue weighted by atomic mass is 32.1. The molecule has 1 amide bonds. The first-order valence-electron chi connectivity index (χ1n) is 7.11. The van der Waals surface area contributed by atoms with Crippen LogP contribution in [-0.4, -0.2) is 10.9 Å². The molecule has 0 saturated carbocycles. The molecule has 0 aliphatic carbocycles. The van der Waals surface area contributed by atoms with Crippen LogP contribution in [0.25, 0.3) is 10.2 Å². The molecular formula is C17H17N3OS. The topological polar surface area (TPSA) is 54.0 Å². The Balaban J connectivity index is 1.78. The smallest absolute Gasteiger partial charge is 0.221 e. The van der Waals surface area contributed by atoms with Crippen LogP contribution in [0.5, 0.6) is 0 Å². The van der Waals surface area contributed by atoms with Crippen LogP contribution in [0.15, 0.2) is 48.5 Å². The molecule has 0 aliphatic heterocycles. The van der Waals surface area contributed by atoms with Gasteiger partial charge in [-0.3, -0.25) is 4.79 Å². The van der Waals surface area contributed by atoms with Crippen LogP contribution in [0.1, 0.15) is 25.5 Å². The molecule has 5 heteroatoms. The quantitative estimate of drug-likeness (QED) is 0.749. The summed E-state index contributed by atoms with van der Waals surface area (Å²) in [4.78, 5) is 15.7. The van der Waals surface area contributed by atoms with E-state index in [2.05, 4.69) is 28.6 Å². The average Bonchev–Trinajstić information content (AvgIpc) is 2.89. The third-order valence-electron chi connectivity index (χ3n) is 3.34. The zero-order valence-corrected chi connectivity index (χ0v) is 13.3. The Morgan fingerprint density at radius 3 is 2.77 bits per heavy atom. The van der Waals surface area contributed by atoms with E-state index in [1.165, 1.54) is 11.6 Å². The second-order valence-electron chi connectivity index (χ2n) is 5.16. The number of anilines is 2. The number of amides is 1. The average molecular weight is 311 g/mol. The van der Waals surface area contributed by atoms with Gasteiger partial charge in [0, 0.05) is 12.6 Å². The molecule has 2 N–H and O–H groups in total. The fraction of sp³-hybridized carbons (Fsp3) is 0.176. The summed E-state index contributed by atoms with van der Waals surface area (Å²) in [5.41, 5.74) is 2.92. The number of carbonyl (C=O) groups excluding carboxylic acids is 1. The summed E-state index contributed by atoms with van der Waals surface area (Å²) in [5.74, 6) is -0.0658. The van der Waals surface area contributed by atoms with Crippen molar-refractivity contribution in [1.29, 1.82) is 0 Å². The molecule has 1 heterocycles. The second-order valence-corrected chi connectivity index (χ2v) is 6.19. The minimum absolute atomic E-state index is 0.0658. The second kappa shape index (κ2) is 6.15. The maximum absolute atomic E-state index is 11.1. The number of para-hydroxylation sites is 1. The molecule has 4 nitrogen and oxygen atoms in total. The van der Waals surface area contributed by atoms with E-state index < -0.39 is 0 Å². The molecule has 0 fully saturated rings. The van der Waals surface area contributed by atoms with Gasteiger partial charge in [0.05, 0.1) is 16.3 Å². The molecule has 0 aliphatic rings. The van der Waals surface area contributed by atoms with Crippen LogP contribution in [0, 0.1) is 0 Å². The van der Waals surface area contributed by atoms with Crippen molar-refractivity contribution in [2.45, 2.75) is 19.9 Å². The molecule has 1 aromatic heterocycles. The maximum Gasteiger partial charge on any atom is 0.221 e. The number of benzene rings is 2. The van der Waals surface area contributed by atoms with Gasteiger partial charge in [0.2, 0.25) is 5.91 Å². The highest BCUT2D eigenvalue weighted by molar-refractivity contribution is 7.22. The number of aromatic nitrogens is 1. The van der Waals surface area contributed by atoms with E-state index in [1.54, 1.807) is 11.3 Å². The summed E-state index contributed by atoms with van der Waals surface area (Å²) < 4.78 is 1.17. The van der Waals surface area contributed by atoms with Gasteiger partial charge in [-0.25, -0.2) is 4.98 Å². The number of thiazole rings is 1. The van der Waals surface area contributed by atoms with Crippen LogP contribution in [0.2, 0.25) is 0 Å². The lowest BCUT2D eigenvalue weighted by Crippen LogP contribution is -2.09. The summed E-state index contributed by atoms with van der Waals surface area (Å²) in [5, 5.41) is 7.13. The number of carbonyl (C=O) groups is 1. The van der Waals surface area contributed by atoms with Crippen molar-refractivity contribution in [2.75, 3.05) is 10.6 Å². The Morgan fingerprint density at radius 2 is 2.00 bits per heavy atom. The molecular weight excluding hydrogens is 294 g/mol. The van der Waals surface area contributed by atoms with Crippen LogP contribution in [0.4, 0.5) is 10.8 Å². The summed E-state index contributed by atoms with van der Waals surface area (Å²) in [6.07, 6.45) is 0. The highest BCUT2D eigenvalue weighted by Gasteiger charge is 2.09. The van der Waals surface area contributed by atoms with Gasteiger partial charge >= 0.3 is 0 Å². The van der Waals surface area contributed by atoms with Gasteiger partial charge in [0.15, 0.2) is 5.13 Å². The Kier molecular flexibility index (Phi) is 4.06. The lowest BCUT2D eigenvalue weighted by Gasteiger charge is -2.14. The Hall–Kier alpha value is -2.40. The van der Waals surface area contributed by atoms with E-state index in [-0.39, 0.29) is 11.9 Å². The van der Waals surface area contributed by atoms with Gasteiger partial charge in [-0.15, -0.1) is 0 Å². The lowest BCUT2D eigenvalue weighted by atomic mass is 10.1. The van der Waals surface area contributed by atoms with Crippen molar-refractivity contribution in [2.24, 2.45) is 0 Å². The fourth-order valence-electron chi connectivity index (χ4n) is 2.29. The third kappa shape index (κ3) is 3.26. The van der Waals surface area contributed by atoms with Crippen molar-refractivity contribution >= 4 is 38.3 Å². The Labute approximate surface area is 133 Å². The van der Waals surface area contributed by atoms with E-state index in [0.29, 0.717) is 0 Å². The zero-order chi connectivity index (χ0) is 15.5. The minimum Gasteiger partial charge on any atom is -0.355 e. The van der Waals surface area contributed by atoms with E-state index >= 15 is 0 Å². The number of fused-ring (bicyclic) bond motifs is 1. The first kappa shape index (κ1) is 14.5. The predicted molar refractivity (Wildman–Crippen MR) is 92.4 cm³/mol. The van der Waals surface area contributed by atoms with Crippen LogP contribution < -0.4 is 10.6 Å². The van der Waals surface area contributed by atoms with Crippen LogP contribution >= 0.6 is 11.3 Å². The first-order valence-corrected chi connectivity index (χ1v) is 7.93. The minimum atomic E-state index is -0.0658. The highest BCUT2D eigenvalue weighted by Crippen LogP contribution is 2.29. The SMILES string of the molecule is CC(=O)Nc1cccc([C@@H](C)Nc2nc3ccccc3s2)c1. The van der Waals surface area contributed by atoms with Gasteiger partial charge < -0.3 is 10.6 Å². The molecule has 112 valence electrons. The lowest BCUT2D eigenvalue weighted by molar-refractivity contribution is -0.114. The van der Waals surface area contributed by atoms with Crippen LogP contribution in [-0.2, 0) is 4.79 Å². The zero-order valence-electron chi connectivity index (χ0n) is 12.5. The molecule has 0 radical (unpaired) electrons. The number of rotatable bonds is 4. The van der Waals surface area contributed by atoms with Crippen molar-refractivity contribution in [3.8, 4) is 0 Å². The largest absolute Gasteiger partial charge is 0.355 e. The van der Waals surface area contributed by atoms with E-state index in [1.807, 2.05) is 42.5 Å². The molecule has 0 bridgehead atoms. The summed E-state index contributed by atoms with van der Waals surface area (Å²) in [6.45, 7) is 3.59. The van der Waals surface area contributed by atoms with Gasteiger partial charge in [-0.05, 0) is 36.8 Å². The fourth-order valence-corrected chi connectivity index (χ4v) is 3.24. The predicted octanol–water partition coefficient (Wildman–Crippen LogP) is 4.43. The van der Waals surface area contributed by atoms with Crippen molar-refractivity contribution in [3.05, 3.63) is 54.1 Å². The number of nitrogens with one attached hydrogen (secondary N) is 2. The normalized spacial score (nSPS) is 12.1. The molecule has 2 aromatic carbocycles. The Bertz CT molecular complexity index is 779. The van der Waals surface area contributed by atoms with Gasteiger partial charge in [-0.2, -0.15) is 0 Å². The third-order valence-corrected chi connectivity index (χ3v) is 4.31. The number of hydrogen-bond acceptors (Lipinski definition) is 4. The van der Waals surface area contributed by atoms with Gasteiger partial charge in [-0.1, -0.05) is 35.6 Å². The van der Waals surface area contributed by atoms with E-state index in [9.17, 15) is 4.79 Å². The molecule has 0 spiro atoms. The molecule has 1 atom stereocenters. The van der Waals surface area contributed by atoms with Gasteiger partial charge in [0.1, 0.15) is 0 Å². The molecule has 3 rings (SSSR count). The molecule has 0 saturated heterocycles. The number of hydrogen-bond donors (Lipinski definition) is 2. The van der Waals surface area contributed by atoms with Crippen molar-refractivity contribution in [1.82, 2.24) is 4.98 Å². The monoisotopic (exact) mass is 311 g/mol. The van der Waals surface area contributed by atoms with E-state index in [0.717, 1.165) is 21.9 Å². The van der Waals surface area contributed by atoms with Crippen LogP contribution in [0.3, 0.4) is 0 Å². The first-order chi connectivity index (χ1) is 10.6. The molecule has 3 aromatic rings. The molecule has 0 unspecified atom stereocenters. The molecule has 22 heavy (non-hydrogen) atoms. The van der Waals surface area contributed by atoms with Crippen molar-refractivity contribution in [3.63, 3.8) is 0 Å². The standard InChI is InChI=1S/C17H17N3OS/c1-11(13-6-5-7-14(10-13)19-12(2)21)18-17-20-15-8-3-4-9-16(15)22-17/h3-11H,1-2H3,(H,18,20)(H,19,21)/t11-/m1/s1. The maximum atomic E-state index is 11.1. The Morgan fingerprint density at radius 1 is 1.18 bits per heavy atom. The summed E-state index contributed by atoms with van der Waals surface area (Å²) in [7, 11) is 0. The summed E-state index contributed by atoms with van der Waals surface area (Å²) >= 11 is 1.64.